The molecular formula is C22H32ClF3N4O4S. The van der Waals surface area contributed by atoms with Gasteiger partial charge in [-0.2, -0.15) is 13.2 Å². The Bertz CT molecular complexity index is 908. The van der Waals surface area contributed by atoms with Gasteiger partial charge in [-0.25, -0.2) is 9.97 Å². The zero-order chi connectivity index (χ0) is 26.0. The summed E-state index contributed by atoms with van der Waals surface area (Å²) in [5.41, 5.74) is -0.303. The van der Waals surface area contributed by atoms with Crippen LogP contribution in [0.5, 0.6) is 0 Å². The number of halogens is 4. The minimum Gasteiger partial charge on any atom is -0.375 e. The van der Waals surface area contributed by atoms with Crippen LogP contribution in [-0.2, 0) is 19.0 Å². The van der Waals surface area contributed by atoms with Gasteiger partial charge in [0, 0.05) is 19.4 Å². The molecule has 1 aliphatic carbocycles. The first kappa shape index (κ1) is 28.2. The monoisotopic (exact) mass is 540 g/mol. The molecule has 1 aromatic rings. The topological polar surface area (TPSA) is 85.8 Å². The Labute approximate surface area is 212 Å². The predicted molar refractivity (Wildman–Crippen MR) is 128 cm³/mol. The maximum atomic E-state index is 13.0. The maximum Gasteiger partial charge on any atom is 0.471 e. The number of unbranched alkanes of at least 4 members (excludes halogenated alkanes) is 1. The smallest absolute Gasteiger partial charge is 0.375 e. The average Bonchev–Trinajstić information content (AvgIpc) is 3.25. The van der Waals surface area contributed by atoms with Gasteiger partial charge < -0.3 is 24.4 Å². The van der Waals surface area contributed by atoms with Gasteiger partial charge in [0.05, 0.1) is 12.1 Å². The van der Waals surface area contributed by atoms with Crippen molar-refractivity contribution in [1.29, 1.82) is 0 Å². The summed E-state index contributed by atoms with van der Waals surface area (Å²) >= 11 is 7.60. The number of amides is 1. The maximum absolute atomic E-state index is 13.0. The largest absolute Gasteiger partial charge is 0.471 e. The number of nitrogens with zero attached hydrogens (tertiary/aromatic N) is 3. The van der Waals surface area contributed by atoms with Crippen molar-refractivity contribution in [2.75, 3.05) is 29.6 Å². The third-order valence-corrected chi connectivity index (χ3v) is 7.13. The van der Waals surface area contributed by atoms with Crippen molar-refractivity contribution in [3.63, 3.8) is 0 Å². The van der Waals surface area contributed by atoms with Crippen LogP contribution >= 0.6 is 23.4 Å². The van der Waals surface area contributed by atoms with Crippen LogP contribution in [0, 0.1) is 0 Å². The van der Waals surface area contributed by atoms with Gasteiger partial charge in [0.1, 0.15) is 17.9 Å². The van der Waals surface area contributed by atoms with Gasteiger partial charge in [-0.05, 0) is 33.1 Å². The molecule has 1 amide bonds. The first-order valence-electron chi connectivity index (χ1n) is 11.7. The Hall–Kier alpha value is -1.34. The lowest BCUT2D eigenvalue weighted by Gasteiger charge is -2.32. The molecule has 198 valence electrons. The minimum absolute atomic E-state index is 0.0764. The van der Waals surface area contributed by atoms with E-state index >= 15 is 0 Å². The summed E-state index contributed by atoms with van der Waals surface area (Å²) in [5.74, 6) is -2.23. The van der Waals surface area contributed by atoms with Gasteiger partial charge >= 0.3 is 12.1 Å². The fourth-order valence-corrected chi connectivity index (χ4v) is 5.15. The van der Waals surface area contributed by atoms with Crippen molar-refractivity contribution in [3.05, 3.63) is 5.15 Å². The third kappa shape index (κ3) is 6.71. The summed E-state index contributed by atoms with van der Waals surface area (Å²) in [6.45, 7) is 8.23. The number of ether oxygens (including phenoxy) is 3. The van der Waals surface area contributed by atoms with E-state index in [1.165, 1.54) is 11.8 Å². The second-order valence-corrected chi connectivity index (χ2v) is 10.5. The van der Waals surface area contributed by atoms with Gasteiger partial charge in [-0.15, -0.1) is 0 Å². The zero-order valence-electron chi connectivity index (χ0n) is 20.4. The molecular weight excluding hydrogens is 509 g/mol. The van der Waals surface area contributed by atoms with Gasteiger partial charge in [-0.3, -0.25) is 4.79 Å². The Morgan fingerprint density at radius 1 is 1.26 bits per heavy atom. The second-order valence-electron chi connectivity index (χ2n) is 9.04. The molecule has 13 heteroatoms. The number of carbonyl (C=O) groups excluding carboxylic acids is 1. The number of hydrogen-bond acceptors (Lipinski definition) is 8. The van der Waals surface area contributed by atoms with Crippen LogP contribution in [0.15, 0.2) is 5.16 Å². The second kappa shape index (κ2) is 11.4. The van der Waals surface area contributed by atoms with Crippen molar-refractivity contribution >= 4 is 40.8 Å². The minimum atomic E-state index is -5.10. The van der Waals surface area contributed by atoms with Crippen LogP contribution < -0.4 is 10.2 Å². The van der Waals surface area contributed by atoms with Crippen LogP contribution in [0.25, 0.3) is 0 Å². The molecule has 1 aliphatic heterocycles. The van der Waals surface area contributed by atoms with Crippen LogP contribution in [0.4, 0.5) is 24.7 Å². The van der Waals surface area contributed by atoms with Crippen molar-refractivity contribution in [1.82, 2.24) is 9.97 Å². The summed E-state index contributed by atoms with van der Waals surface area (Å²) < 4.78 is 57.5. The molecule has 0 aromatic carbocycles. The number of alkyl halides is 3. The Balaban J connectivity index is 1.96. The summed E-state index contributed by atoms with van der Waals surface area (Å²) in [5, 5.41) is 1.89. The van der Waals surface area contributed by atoms with Gasteiger partial charge in [0.15, 0.2) is 21.9 Å². The number of hydrogen-bond donors (Lipinski definition) is 1. The number of likely N-dealkylation sites (N-methyl/N-ethyl adjacent to an activating group) is 1. The van der Waals surface area contributed by atoms with Gasteiger partial charge in [0.25, 0.3) is 0 Å². The zero-order valence-corrected chi connectivity index (χ0v) is 22.0. The molecule has 2 aliphatic rings. The first-order chi connectivity index (χ1) is 16.4. The normalized spacial score (nSPS) is 25.5. The number of rotatable bonds is 10. The first-order valence-corrected chi connectivity index (χ1v) is 13.0. The fraction of sp³-hybridized carbons (Fsp3) is 0.773. The van der Waals surface area contributed by atoms with Crippen LogP contribution in [0.1, 0.15) is 53.4 Å². The van der Waals surface area contributed by atoms with Gasteiger partial charge in [0.2, 0.25) is 0 Å². The number of nitrogens with one attached hydrogen (secondary N) is 1. The highest BCUT2D eigenvalue weighted by Gasteiger charge is 2.56. The molecule has 1 saturated carbocycles. The average molecular weight is 541 g/mol. The van der Waals surface area contributed by atoms with E-state index in [0.717, 1.165) is 19.3 Å². The fourth-order valence-electron chi connectivity index (χ4n) is 4.19. The lowest BCUT2D eigenvalue weighted by molar-refractivity contribution is -0.167. The molecule has 0 unspecified atom stereocenters. The third-order valence-electron chi connectivity index (χ3n) is 5.80. The lowest BCUT2D eigenvalue weighted by Crippen LogP contribution is -2.42. The Kier molecular flexibility index (Phi) is 9.17. The van der Waals surface area contributed by atoms with Crippen molar-refractivity contribution < 1.29 is 32.2 Å². The molecule has 1 N–H and O–H groups in total. The standard InChI is InChI=1S/C22H32ClF3N4O4S/c1-6-8-9-32-13-11-12(15-16(13)34-21(3,4)33-15)30(5)18-14(27-19(31)22(24,25)26)17(23)28-20(29-18)35-10-7-2/h12-13,15-16H,6-11H2,1-5H3,(H,27,31)/t12-,13+,15+,16-/m1/s1. The number of fused-ring (bicyclic) bond motifs is 1. The summed E-state index contributed by atoms with van der Waals surface area (Å²) in [6.07, 6.45) is -2.93. The summed E-state index contributed by atoms with van der Waals surface area (Å²) in [6, 6.07) is -0.357. The van der Waals surface area contributed by atoms with E-state index in [4.69, 9.17) is 25.8 Å². The van der Waals surface area contributed by atoms with E-state index in [1.54, 1.807) is 11.9 Å². The summed E-state index contributed by atoms with van der Waals surface area (Å²) in [7, 11) is 1.68. The van der Waals surface area contributed by atoms with E-state index in [-0.39, 0.29) is 34.9 Å². The van der Waals surface area contributed by atoms with Crippen molar-refractivity contribution in [3.8, 4) is 0 Å². The molecule has 0 radical (unpaired) electrons. The van der Waals surface area contributed by atoms with Crippen LogP contribution in [0.3, 0.4) is 0 Å². The molecule has 2 fully saturated rings. The molecule has 1 aromatic heterocycles. The number of carbonyl (C=O) groups is 1. The van der Waals surface area contributed by atoms with Crippen molar-refractivity contribution in [2.24, 2.45) is 0 Å². The SMILES string of the molecule is CCCCO[C@H]1C[C@@H](N(C)c2nc(SCCC)nc(Cl)c2NC(=O)C(F)(F)F)[C@@H]2OC(C)(C)O[C@@H]21. The van der Waals surface area contributed by atoms with Crippen LogP contribution in [-0.4, -0.2) is 71.6 Å². The van der Waals surface area contributed by atoms with E-state index in [0.29, 0.717) is 23.9 Å². The molecule has 2 heterocycles. The van der Waals surface area contributed by atoms with E-state index in [1.807, 2.05) is 26.1 Å². The van der Waals surface area contributed by atoms with E-state index in [2.05, 4.69) is 16.9 Å². The predicted octanol–water partition coefficient (Wildman–Crippen LogP) is 5.05. The Morgan fingerprint density at radius 3 is 2.57 bits per heavy atom. The number of aromatic nitrogens is 2. The lowest BCUT2D eigenvalue weighted by atomic mass is 10.1. The Morgan fingerprint density at radius 2 is 1.94 bits per heavy atom. The highest BCUT2D eigenvalue weighted by Crippen LogP contribution is 2.44. The van der Waals surface area contributed by atoms with Crippen molar-refractivity contribution in [2.45, 2.75) is 94.9 Å². The molecule has 0 bridgehead atoms. The number of anilines is 2. The molecule has 3 rings (SSSR count). The van der Waals surface area contributed by atoms with E-state index in [9.17, 15) is 18.0 Å². The number of thioether (sulfide) groups is 1. The molecule has 1 saturated heterocycles. The highest BCUT2D eigenvalue weighted by atomic mass is 35.5. The van der Waals surface area contributed by atoms with E-state index < -0.39 is 24.0 Å². The highest BCUT2D eigenvalue weighted by molar-refractivity contribution is 7.99. The summed E-state index contributed by atoms with van der Waals surface area (Å²) in [4.78, 5) is 22.0. The molecule has 35 heavy (non-hydrogen) atoms. The van der Waals surface area contributed by atoms with Gasteiger partial charge in [-0.1, -0.05) is 43.6 Å². The molecule has 4 atom stereocenters. The quantitative estimate of drug-likeness (QED) is 0.191. The molecule has 8 nitrogen and oxygen atoms in total. The van der Waals surface area contributed by atoms with Crippen LogP contribution in [0.2, 0.25) is 5.15 Å². The molecule has 0 spiro atoms.